The number of rotatable bonds is 2. The molecule has 0 heterocycles. The van der Waals surface area contributed by atoms with E-state index in [4.69, 9.17) is 9.90 Å². The molecule has 2 nitrogen and oxygen atoms in total. The van der Waals surface area contributed by atoms with Crippen molar-refractivity contribution < 1.29 is 14.3 Å². The number of fused-ring (bicyclic) bond motifs is 7. The lowest BCUT2D eigenvalue weighted by molar-refractivity contribution is -0.179. The first-order valence-corrected chi connectivity index (χ1v) is 18.6. The van der Waals surface area contributed by atoms with Crippen LogP contribution in [0.4, 0.5) is 4.39 Å². The number of hydrogen-bond acceptors (Lipinski definition) is 1. The largest absolute Gasteiger partial charge is 0.483 e. The summed E-state index contributed by atoms with van der Waals surface area (Å²) in [6.07, 6.45) is 46.9. The van der Waals surface area contributed by atoms with Gasteiger partial charge < -0.3 is 5.11 Å². The van der Waals surface area contributed by atoms with E-state index in [9.17, 15) is 4.39 Å². The van der Waals surface area contributed by atoms with Crippen LogP contribution < -0.4 is 0 Å². The fraction of sp³-hybridized carbons (Fsp3) is 0.750. The van der Waals surface area contributed by atoms with E-state index in [-0.39, 0.29) is 24.5 Å². The molecular weight excluding hydrogens is 579 g/mol. The monoisotopic (exact) mass is 651 g/mol. The van der Waals surface area contributed by atoms with Gasteiger partial charge in [0.15, 0.2) is 0 Å². The highest BCUT2D eigenvalue weighted by atomic mass is 19.1. The predicted octanol–water partition coefficient (Wildman–Crippen LogP) is 12.2. The summed E-state index contributed by atoms with van der Waals surface area (Å²) in [6, 6.07) is 0. The van der Waals surface area contributed by atoms with E-state index in [1.807, 2.05) is 27.7 Å². The van der Waals surface area contributed by atoms with Gasteiger partial charge in [-0.05, 0) is 145 Å². The van der Waals surface area contributed by atoms with E-state index >= 15 is 0 Å². The van der Waals surface area contributed by atoms with E-state index < -0.39 is 0 Å². The van der Waals surface area contributed by atoms with Crippen molar-refractivity contribution in [3.05, 3.63) is 23.3 Å². The molecule has 6 aliphatic carbocycles. The van der Waals surface area contributed by atoms with Crippen LogP contribution in [-0.2, 0) is 4.79 Å². The molecule has 0 aromatic heterocycles. The van der Waals surface area contributed by atoms with Gasteiger partial charge in [-0.3, -0.25) is 9.18 Å². The Morgan fingerprint density at radius 1 is 0.766 bits per heavy atom. The van der Waals surface area contributed by atoms with Gasteiger partial charge >= 0.3 is 0 Å². The van der Waals surface area contributed by atoms with Crippen molar-refractivity contribution >= 4 is 6.47 Å². The molecule has 6 rings (SSSR count). The van der Waals surface area contributed by atoms with Gasteiger partial charge in [0.25, 0.3) is 6.47 Å². The maximum absolute atomic E-state index is 13.2. The molecule has 47 heavy (non-hydrogen) atoms. The van der Waals surface area contributed by atoms with E-state index in [0.29, 0.717) is 16.2 Å². The molecule has 1 N–H and O–H groups in total. The van der Waals surface area contributed by atoms with Crippen LogP contribution in [0.25, 0.3) is 0 Å². The summed E-state index contributed by atoms with van der Waals surface area (Å²) in [5.74, 6) is 4.96. The van der Waals surface area contributed by atoms with E-state index in [2.05, 4.69) is 85.3 Å². The van der Waals surface area contributed by atoms with Gasteiger partial charge in [-0.2, -0.15) is 0 Å². The zero-order chi connectivity index (χ0) is 36.6. The highest BCUT2D eigenvalue weighted by Crippen LogP contribution is 2.73. The van der Waals surface area contributed by atoms with Crippen molar-refractivity contribution in [1.82, 2.24) is 0 Å². The Labute approximate surface area is 291 Å². The Morgan fingerprint density at radius 3 is 1.89 bits per heavy atom. The number of carboxylic acid groups (broad SMARTS) is 1. The Bertz CT molecular complexity index is 1050. The zero-order valence-corrected chi connectivity index (χ0v) is 31.8. The number of allylic oxidation sites excluding steroid dienone is 4. The van der Waals surface area contributed by atoms with Crippen LogP contribution in [0, 0.1) is 95.7 Å². The summed E-state index contributed by atoms with van der Waals surface area (Å²) in [5.41, 5.74) is 5.13. The number of halogens is 1. The molecule has 0 amide bonds. The fourth-order valence-electron chi connectivity index (χ4n) is 12.0. The standard InChI is InChI=1S/C33H51F.2C2H6.3C2H2.CH2O2/c1-30(2)25(23-10-8-22(21-34)9-11-23)15-19-33(5)28(30)16-20-32(4)27-14-18-31(3)17-6-7-26(31)24(27)12-13-29(32)33;5*1-2;2-1-3/h10,15,22,24,26-29H,6-9,11-14,16-21H2,1-5H3;2*1-2H3;3*1-2H;1H,(H,2,3)/t22?,24-,26?,27?,28?,29?,31-,32+,33+;;;;;;/m1....../s1. The minimum absolute atomic E-state index is 0.144. The van der Waals surface area contributed by atoms with Crippen molar-refractivity contribution in [2.75, 3.05) is 6.67 Å². The molecule has 4 fully saturated rings. The zero-order valence-electron chi connectivity index (χ0n) is 31.8. The summed E-state index contributed by atoms with van der Waals surface area (Å²) in [4.78, 5) is 8.36. The summed E-state index contributed by atoms with van der Waals surface area (Å²) in [7, 11) is 0. The number of alkyl halides is 1. The smallest absolute Gasteiger partial charge is 0.290 e. The molecule has 3 heteroatoms. The Balaban J connectivity index is 0.00000145. The summed E-state index contributed by atoms with van der Waals surface area (Å²) >= 11 is 0. The third-order valence-electron chi connectivity index (χ3n) is 13.6. The molecule has 4 saturated carbocycles. The molecule has 0 spiro atoms. The Hall–Kier alpha value is -2.44. The van der Waals surface area contributed by atoms with E-state index in [0.717, 1.165) is 48.9 Å². The molecule has 9 atom stereocenters. The highest BCUT2D eigenvalue weighted by molar-refractivity contribution is 5.41. The molecule has 6 aliphatic rings. The SMILES string of the molecule is C#C.C#C.C#C.CC.CC.CC1(C)C(C2=CCC(CF)CC2)=CC[C@@]2(C)C1CC[C@@]1(C)C3CC[C@@]4(C)CCCC4[C@H]3CCC12.O=CO. The molecule has 0 saturated heterocycles. The topological polar surface area (TPSA) is 37.3 Å². The molecule has 0 aromatic carbocycles. The average Bonchev–Trinajstić information content (AvgIpc) is 3.51. The number of hydrogen-bond donors (Lipinski definition) is 1. The average molecular weight is 651 g/mol. The minimum atomic E-state index is -0.250. The first-order chi connectivity index (χ1) is 22.5. The fourth-order valence-corrected chi connectivity index (χ4v) is 12.0. The molecule has 0 aliphatic heterocycles. The molecule has 0 bridgehead atoms. The quantitative estimate of drug-likeness (QED) is 0.238. The Morgan fingerprint density at radius 2 is 1.36 bits per heavy atom. The number of carbonyl (C=O) groups is 1. The second kappa shape index (κ2) is 20.2. The lowest BCUT2D eigenvalue weighted by Gasteiger charge is -2.68. The second-order valence-corrected chi connectivity index (χ2v) is 15.4. The van der Waals surface area contributed by atoms with E-state index in [1.165, 1.54) is 64.2 Å². The lowest BCUT2D eigenvalue weighted by Crippen LogP contribution is -2.61. The van der Waals surface area contributed by atoms with Crippen LogP contribution in [0.15, 0.2) is 23.3 Å². The first kappa shape index (κ1) is 44.6. The maximum atomic E-state index is 13.2. The van der Waals surface area contributed by atoms with Crippen molar-refractivity contribution in [1.29, 1.82) is 0 Å². The van der Waals surface area contributed by atoms with Gasteiger partial charge in [-0.1, -0.05) is 80.9 Å². The van der Waals surface area contributed by atoms with Crippen LogP contribution in [0.3, 0.4) is 0 Å². The lowest BCUT2D eigenvalue weighted by atomic mass is 9.36. The normalized spacial score (nSPS) is 38.2. The van der Waals surface area contributed by atoms with Crippen molar-refractivity contribution in [3.63, 3.8) is 0 Å². The highest BCUT2D eigenvalue weighted by Gasteiger charge is 2.64. The summed E-state index contributed by atoms with van der Waals surface area (Å²) in [6.45, 7) is 20.9. The van der Waals surface area contributed by atoms with Gasteiger partial charge in [0.1, 0.15) is 0 Å². The molecular formula is C44H71FO2. The van der Waals surface area contributed by atoms with Gasteiger partial charge in [0.2, 0.25) is 0 Å². The van der Waals surface area contributed by atoms with Gasteiger partial charge in [0.05, 0.1) is 6.67 Å². The first-order valence-electron chi connectivity index (χ1n) is 18.6. The van der Waals surface area contributed by atoms with Crippen LogP contribution in [0.1, 0.15) is 146 Å². The number of terminal acetylenes is 3. The molecule has 266 valence electrons. The Kier molecular flexibility index (Phi) is 19.1. The van der Waals surface area contributed by atoms with Gasteiger partial charge in [-0.25, -0.2) is 0 Å². The van der Waals surface area contributed by atoms with Crippen molar-refractivity contribution in [3.8, 4) is 38.5 Å². The second-order valence-electron chi connectivity index (χ2n) is 15.4. The van der Waals surface area contributed by atoms with Crippen molar-refractivity contribution in [2.24, 2.45) is 57.2 Å². The minimum Gasteiger partial charge on any atom is -0.483 e. The third-order valence-corrected chi connectivity index (χ3v) is 13.6. The molecule has 0 aromatic rings. The summed E-state index contributed by atoms with van der Waals surface area (Å²) < 4.78 is 13.2. The molecule has 5 unspecified atom stereocenters. The van der Waals surface area contributed by atoms with Crippen LogP contribution in [0.2, 0.25) is 0 Å². The van der Waals surface area contributed by atoms with E-state index in [1.54, 1.807) is 11.1 Å². The van der Waals surface area contributed by atoms with Gasteiger partial charge in [0, 0.05) is 0 Å². The maximum Gasteiger partial charge on any atom is 0.290 e. The van der Waals surface area contributed by atoms with Gasteiger partial charge in [-0.15, -0.1) is 38.5 Å². The van der Waals surface area contributed by atoms with Crippen LogP contribution >= 0.6 is 0 Å². The summed E-state index contributed by atoms with van der Waals surface area (Å²) in [5, 5.41) is 6.89. The van der Waals surface area contributed by atoms with Crippen LogP contribution in [-0.4, -0.2) is 18.3 Å². The van der Waals surface area contributed by atoms with Crippen molar-refractivity contribution in [2.45, 2.75) is 146 Å². The third kappa shape index (κ3) is 8.60. The van der Waals surface area contributed by atoms with Crippen LogP contribution in [0.5, 0.6) is 0 Å². The predicted molar refractivity (Wildman–Crippen MR) is 202 cm³/mol. The molecule has 0 radical (unpaired) electrons.